The van der Waals surface area contributed by atoms with Gasteiger partial charge in [-0.2, -0.15) is 5.26 Å². The van der Waals surface area contributed by atoms with E-state index < -0.39 is 0 Å². The van der Waals surface area contributed by atoms with E-state index in [0.29, 0.717) is 25.4 Å². The Morgan fingerprint density at radius 3 is 2.76 bits per heavy atom. The van der Waals surface area contributed by atoms with Crippen molar-refractivity contribution in [3.8, 4) is 6.19 Å². The summed E-state index contributed by atoms with van der Waals surface area (Å²) in [6.07, 6.45) is 3.59. The van der Waals surface area contributed by atoms with Crippen LogP contribution in [0.4, 0.5) is 10.1 Å². The van der Waals surface area contributed by atoms with E-state index in [9.17, 15) is 4.39 Å². The van der Waals surface area contributed by atoms with Crippen LogP contribution >= 0.6 is 43.6 Å². The highest BCUT2D eigenvalue weighted by Gasteiger charge is 2.12. The lowest BCUT2D eigenvalue weighted by atomic mass is 10.2. The van der Waals surface area contributed by atoms with Gasteiger partial charge in [0.15, 0.2) is 11.4 Å². The molecule has 1 aromatic rings. The molecule has 0 amide bonds. The van der Waals surface area contributed by atoms with Crippen molar-refractivity contribution >= 4 is 54.5 Å². The number of hydrogen-bond donors (Lipinski definition) is 1. The van der Waals surface area contributed by atoms with Gasteiger partial charge >= 0.3 is 0 Å². The smallest absolute Gasteiger partial charge is 0.183 e. The third kappa shape index (κ3) is 3.44. The normalized spacial score (nSPS) is 11.2. The maximum Gasteiger partial charge on any atom is 0.183 e. The summed E-state index contributed by atoms with van der Waals surface area (Å²) >= 11 is 7.84. The van der Waals surface area contributed by atoms with Crippen LogP contribution in [0.2, 0.25) is 0 Å². The van der Waals surface area contributed by atoms with E-state index in [2.05, 4.69) is 42.2 Å². The quantitative estimate of drug-likeness (QED) is 0.345. The molecule has 0 aliphatic rings. The van der Waals surface area contributed by atoms with Gasteiger partial charge < -0.3 is 0 Å². The van der Waals surface area contributed by atoms with Crippen molar-refractivity contribution < 1.29 is 4.39 Å². The molecule has 0 fully saturated rings. The molecule has 0 saturated heterocycles. The molecular formula is C10H8Br2FN3S. The summed E-state index contributed by atoms with van der Waals surface area (Å²) < 4.78 is 14.5. The zero-order valence-electron chi connectivity index (χ0n) is 9.01. The Labute approximate surface area is 120 Å². The Morgan fingerprint density at radius 2 is 2.24 bits per heavy atom. The lowest BCUT2D eigenvalue weighted by Crippen LogP contribution is -2.12. The van der Waals surface area contributed by atoms with Crippen LogP contribution in [0.1, 0.15) is 5.56 Å². The number of hydrogen-bond acceptors (Lipinski definition) is 3. The average molecular weight is 381 g/mol. The molecule has 90 valence electrons. The molecule has 0 aliphatic heterocycles. The fraction of sp³-hybridized carbons (Fsp3) is 0.200. The molecule has 0 aliphatic carbocycles. The molecule has 0 aromatic heterocycles. The molecule has 0 radical (unpaired) electrons. The van der Waals surface area contributed by atoms with Gasteiger partial charge in [0.25, 0.3) is 0 Å². The van der Waals surface area contributed by atoms with E-state index in [-0.39, 0.29) is 5.82 Å². The first-order valence-corrected chi connectivity index (χ1v) is 7.24. The average Bonchev–Trinajstić information content (AvgIpc) is 2.30. The maximum absolute atomic E-state index is 13.4. The lowest BCUT2D eigenvalue weighted by Gasteiger charge is -2.08. The third-order valence-corrected chi connectivity index (χ3v) is 4.10. The van der Waals surface area contributed by atoms with Gasteiger partial charge in [0.1, 0.15) is 5.82 Å². The minimum atomic E-state index is -0.318. The van der Waals surface area contributed by atoms with Crippen LogP contribution in [-0.2, 0) is 0 Å². The highest BCUT2D eigenvalue weighted by atomic mass is 79.9. The van der Waals surface area contributed by atoms with E-state index in [0.717, 1.165) is 0 Å². The second-order valence-corrected chi connectivity index (χ2v) is 5.43. The van der Waals surface area contributed by atoms with Crippen molar-refractivity contribution in [3.63, 3.8) is 0 Å². The van der Waals surface area contributed by atoms with E-state index in [1.165, 1.54) is 17.8 Å². The van der Waals surface area contributed by atoms with Crippen molar-refractivity contribution in [1.82, 2.24) is 5.32 Å². The molecule has 3 nitrogen and oxygen atoms in total. The van der Waals surface area contributed by atoms with Crippen LogP contribution in [0, 0.1) is 24.2 Å². The molecule has 0 saturated carbocycles. The van der Waals surface area contributed by atoms with Crippen LogP contribution in [0.5, 0.6) is 0 Å². The fourth-order valence-corrected chi connectivity index (χ4v) is 2.63. The van der Waals surface area contributed by atoms with E-state index in [1.54, 1.807) is 19.4 Å². The van der Waals surface area contributed by atoms with Gasteiger partial charge in [-0.15, -0.1) is 0 Å². The molecule has 1 aromatic carbocycles. The zero-order valence-corrected chi connectivity index (χ0v) is 13.0. The van der Waals surface area contributed by atoms with Crippen molar-refractivity contribution in [3.05, 3.63) is 26.4 Å². The predicted molar refractivity (Wildman–Crippen MR) is 75.9 cm³/mol. The molecule has 0 atom stereocenters. The molecule has 0 heterocycles. The number of thioether (sulfide) groups is 1. The Morgan fingerprint density at radius 1 is 1.59 bits per heavy atom. The molecule has 1 N–H and O–H groups in total. The first-order valence-electron chi connectivity index (χ1n) is 4.43. The number of nitriles is 1. The van der Waals surface area contributed by atoms with Crippen LogP contribution in [-0.4, -0.2) is 11.4 Å². The molecule has 0 bridgehead atoms. The molecule has 17 heavy (non-hydrogen) atoms. The summed E-state index contributed by atoms with van der Waals surface area (Å²) in [5.74, 6) is -0.318. The largest absolute Gasteiger partial charge is 0.271 e. The minimum absolute atomic E-state index is 0.318. The molecule has 1 rings (SSSR count). The number of halogens is 3. The van der Waals surface area contributed by atoms with Gasteiger partial charge in [-0.1, -0.05) is 11.8 Å². The standard InChI is InChI=1S/C10H8Br2FN3S/c1-5-7(13)3-6(11)9(8(5)12)16-10(17-2)15-4-14/h3H,1-2H3,(H,15,16). The van der Waals surface area contributed by atoms with Crippen LogP contribution in [0.15, 0.2) is 20.0 Å². The van der Waals surface area contributed by atoms with Gasteiger partial charge in [0.05, 0.1) is 10.2 Å². The molecule has 0 unspecified atom stereocenters. The Balaban J connectivity index is 3.33. The first-order chi connectivity index (χ1) is 8.01. The second kappa shape index (κ2) is 6.38. The highest BCUT2D eigenvalue weighted by molar-refractivity contribution is 9.11. The first kappa shape index (κ1) is 14.5. The predicted octanol–water partition coefficient (Wildman–Crippen LogP) is 4.08. The zero-order chi connectivity index (χ0) is 13.0. The van der Waals surface area contributed by atoms with E-state index in [1.807, 2.05) is 0 Å². The van der Waals surface area contributed by atoms with Gasteiger partial charge in [0, 0.05) is 10.0 Å². The number of benzene rings is 1. The van der Waals surface area contributed by atoms with Crippen LogP contribution < -0.4 is 5.32 Å². The number of rotatable bonds is 1. The van der Waals surface area contributed by atoms with Gasteiger partial charge in [-0.25, -0.2) is 9.38 Å². The fourth-order valence-electron chi connectivity index (χ4n) is 1.05. The van der Waals surface area contributed by atoms with Crippen molar-refractivity contribution in [2.75, 3.05) is 6.26 Å². The molecular weight excluding hydrogens is 373 g/mol. The number of aliphatic imine (C=N–C) groups is 1. The summed E-state index contributed by atoms with van der Waals surface area (Å²) in [6.45, 7) is 1.65. The summed E-state index contributed by atoms with van der Waals surface area (Å²) in [6, 6.07) is 1.35. The molecule has 0 spiro atoms. The van der Waals surface area contributed by atoms with Gasteiger partial charge in [-0.05, 0) is 51.1 Å². The summed E-state index contributed by atoms with van der Waals surface area (Å²) in [4.78, 5) is 4.25. The van der Waals surface area contributed by atoms with E-state index in [4.69, 9.17) is 5.26 Å². The van der Waals surface area contributed by atoms with Crippen molar-refractivity contribution in [2.45, 2.75) is 6.92 Å². The van der Waals surface area contributed by atoms with E-state index >= 15 is 0 Å². The minimum Gasteiger partial charge on any atom is -0.271 e. The van der Waals surface area contributed by atoms with Crippen LogP contribution in [0.25, 0.3) is 0 Å². The highest BCUT2D eigenvalue weighted by Crippen LogP contribution is 2.37. The van der Waals surface area contributed by atoms with Gasteiger partial charge in [0.2, 0.25) is 0 Å². The van der Waals surface area contributed by atoms with Crippen molar-refractivity contribution in [2.24, 2.45) is 4.99 Å². The third-order valence-electron chi connectivity index (χ3n) is 1.94. The summed E-state index contributed by atoms with van der Waals surface area (Å²) in [5.41, 5.74) is 1.03. The second-order valence-electron chi connectivity index (χ2n) is 2.99. The van der Waals surface area contributed by atoms with Crippen molar-refractivity contribution in [1.29, 1.82) is 5.26 Å². The number of amidine groups is 1. The topological polar surface area (TPSA) is 48.2 Å². The molecule has 7 heteroatoms. The Bertz CT molecular complexity index is 511. The SMILES string of the molecule is CSC(=Nc1c(Br)cc(F)c(C)c1Br)NC#N. The number of nitrogens with one attached hydrogen (secondary N) is 1. The monoisotopic (exact) mass is 379 g/mol. The Kier molecular flexibility index (Phi) is 5.43. The maximum atomic E-state index is 13.4. The lowest BCUT2D eigenvalue weighted by molar-refractivity contribution is 0.616. The summed E-state index contributed by atoms with van der Waals surface area (Å²) in [5, 5.41) is 11.4. The van der Waals surface area contributed by atoms with Gasteiger partial charge in [-0.3, -0.25) is 5.32 Å². The number of nitrogens with zero attached hydrogens (tertiary/aromatic N) is 2. The Hall–Kier alpha value is -0.580. The summed E-state index contributed by atoms with van der Waals surface area (Å²) in [7, 11) is 0. The van der Waals surface area contributed by atoms with Crippen LogP contribution in [0.3, 0.4) is 0 Å².